The predicted octanol–water partition coefficient (Wildman–Crippen LogP) is 3.60. The highest BCUT2D eigenvalue weighted by molar-refractivity contribution is 5.64. The zero-order valence-corrected chi connectivity index (χ0v) is 9.30. The van der Waals surface area contributed by atoms with E-state index in [4.69, 9.17) is 5.73 Å². The van der Waals surface area contributed by atoms with Crippen LogP contribution in [0.1, 0.15) is 5.56 Å². The van der Waals surface area contributed by atoms with E-state index in [0.717, 1.165) is 23.8 Å². The van der Waals surface area contributed by atoms with Crippen LogP contribution in [0.25, 0.3) is 0 Å². The maximum absolute atomic E-state index is 13.4. The number of nitrogen functional groups attached to an aromatic ring is 1. The minimum absolute atomic E-state index is 0.106. The molecule has 0 aliphatic heterocycles. The molecule has 0 saturated heterocycles. The van der Waals surface area contributed by atoms with E-state index >= 15 is 0 Å². The van der Waals surface area contributed by atoms with Gasteiger partial charge >= 0.3 is 0 Å². The summed E-state index contributed by atoms with van der Waals surface area (Å²) >= 11 is 0. The highest BCUT2D eigenvalue weighted by Gasteiger charge is 2.04. The molecule has 2 aromatic rings. The second-order valence-corrected chi connectivity index (χ2v) is 3.82. The molecule has 0 spiro atoms. The summed E-state index contributed by atoms with van der Waals surface area (Å²) in [6.45, 7) is 1.85. The lowest BCUT2D eigenvalue weighted by Gasteiger charge is -2.09. The predicted molar refractivity (Wildman–Crippen MR) is 65.2 cm³/mol. The minimum atomic E-state index is -0.499. The molecular weight excluding hydrogens is 222 g/mol. The Hall–Kier alpha value is -2.10. The topological polar surface area (TPSA) is 38.0 Å². The van der Waals surface area contributed by atoms with Gasteiger partial charge in [0, 0.05) is 17.4 Å². The van der Waals surface area contributed by atoms with Crippen molar-refractivity contribution in [3.05, 3.63) is 53.6 Å². The number of halogens is 2. The zero-order valence-electron chi connectivity index (χ0n) is 9.30. The SMILES string of the molecule is Cc1cc(Nc2cc(F)ccc2F)ccc1N. The molecule has 0 aliphatic carbocycles. The third-order valence-electron chi connectivity index (χ3n) is 2.48. The Balaban J connectivity index is 2.31. The normalized spacial score (nSPS) is 10.3. The number of aryl methyl sites for hydroxylation is 1. The molecule has 4 heteroatoms. The van der Waals surface area contributed by atoms with E-state index in [1.165, 1.54) is 0 Å². The number of anilines is 3. The lowest BCUT2D eigenvalue weighted by Crippen LogP contribution is -1.96. The molecule has 0 aromatic heterocycles. The van der Waals surface area contributed by atoms with Crippen molar-refractivity contribution in [2.24, 2.45) is 0 Å². The summed E-state index contributed by atoms with van der Waals surface area (Å²) in [4.78, 5) is 0. The van der Waals surface area contributed by atoms with Crippen LogP contribution >= 0.6 is 0 Å². The average molecular weight is 234 g/mol. The Morgan fingerprint density at radius 3 is 2.53 bits per heavy atom. The zero-order chi connectivity index (χ0) is 12.4. The van der Waals surface area contributed by atoms with Crippen LogP contribution in [-0.4, -0.2) is 0 Å². The lowest BCUT2D eigenvalue weighted by molar-refractivity contribution is 0.603. The quantitative estimate of drug-likeness (QED) is 0.779. The third kappa shape index (κ3) is 2.53. The Bertz CT molecular complexity index is 553. The molecule has 88 valence electrons. The molecule has 0 aliphatic rings. The van der Waals surface area contributed by atoms with Crippen molar-refractivity contribution < 1.29 is 8.78 Å². The van der Waals surface area contributed by atoms with E-state index in [2.05, 4.69) is 5.32 Å². The standard InChI is InChI=1S/C13H12F2N2/c1-8-6-10(3-5-12(8)16)17-13-7-9(14)2-4-11(13)15/h2-7,17H,16H2,1H3. The fourth-order valence-electron chi connectivity index (χ4n) is 1.50. The highest BCUT2D eigenvalue weighted by atomic mass is 19.1. The highest BCUT2D eigenvalue weighted by Crippen LogP contribution is 2.23. The van der Waals surface area contributed by atoms with Crippen LogP contribution in [0.15, 0.2) is 36.4 Å². The molecule has 17 heavy (non-hydrogen) atoms. The summed E-state index contributed by atoms with van der Waals surface area (Å²) in [6.07, 6.45) is 0. The second-order valence-electron chi connectivity index (χ2n) is 3.82. The molecule has 0 radical (unpaired) electrons. The molecule has 0 amide bonds. The summed E-state index contributed by atoms with van der Waals surface area (Å²) in [5.74, 6) is -0.984. The molecular formula is C13H12F2N2. The summed E-state index contributed by atoms with van der Waals surface area (Å²) in [5, 5.41) is 2.81. The van der Waals surface area contributed by atoms with Crippen molar-refractivity contribution in [3.8, 4) is 0 Å². The smallest absolute Gasteiger partial charge is 0.146 e. The van der Waals surface area contributed by atoms with Crippen molar-refractivity contribution in [1.82, 2.24) is 0 Å². The fourth-order valence-corrected chi connectivity index (χ4v) is 1.50. The Morgan fingerprint density at radius 1 is 1.06 bits per heavy atom. The van der Waals surface area contributed by atoms with Gasteiger partial charge in [-0.25, -0.2) is 8.78 Å². The molecule has 0 atom stereocenters. The van der Waals surface area contributed by atoms with Crippen molar-refractivity contribution in [2.75, 3.05) is 11.1 Å². The monoisotopic (exact) mass is 234 g/mol. The first-order valence-electron chi connectivity index (χ1n) is 5.14. The van der Waals surface area contributed by atoms with Gasteiger partial charge in [0.1, 0.15) is 11.6 Å². The molecule has 0 heterocycles. The Labute approximate surface area is 98.1 Å². The van der Waals surface area contributed by atoms with E-state index in [-0.39, 0.29) is 5.69 Å². The van der Waals surface area contributed by atoms with Gasteiger partial charge in [-0.2, -0.15) is 0 Å². The van der Waals surface area contributed by atoms with Crippen LogP contribution in [0.5, 0.6) is 0 Å². The first-order valence-corrected chi connectivity index (χ1v) is 5.14. The summed E-state index contributed by atoms with van der Waals surface area (Å²) in [6, 6.07) is 8.48. The number of rotatable bonds is 2. The van der Waals surface area contributed by atoms with Gasteiger partial charge in [-0.05, 0) is 42.8 Å². The second kappa shape index (κ2) is 4.41. The summed E-state index contributed by atoms with van der Waals surface area (Å²) in [7, 11) is 0. The number of nitrogens with one attached hydrogen (secondary N) is 1. The summed E-state index contributed by atoms with van der Waals surface area (Å²) < 4.78 is 26.3. The minimum Gasteiger partial charge on any atom is -0.399 e. The van der Waals surface area contributed by atoms with Crippen molar-refractivity contribution in [2.45, 2.75) is 6.92 Å². The first-order chi connectivity index (χ1) is 8.06. The van der Waals surface area contributed by atoms with Crippen molar-refractivity contribution >= 4 is 17.1 Å². The maximum atomic E-state index is 13.4. The van der Waals surface area contributed by atoms with Gasteiger partial charge in [-0.1, -0.05) is 0 Å². The Morgan fingerprint density at radius 2 is 1.82 bits per heavy atom. The van der Waals surface area contributed by atoms with Crippen LogP contribution in [0.3, 0.4) is 0 Å². The number of benzene rings is 2. The van der Waals surface area contributed by atoms with Crippen molar-refractivity contribution in [3.63, 3.8) is 0 Å². The van der Waals surface area contributed by atoms with Gasteiger partial charge in [-0.15, -0.1) is 0 Å². The Kier molecular flexibility index (Phi) is 2.95. The molecule has 2 aromatic carbocycles. The third-order valence-corrected chi connectivity index (χ3v) is 2.48. The van der Waals surface area contributed by atoms with E-state index in [1.807, 2.05) is 6.92 Å². The van der Waals surface area contributed by atoms with Crippen LogP contribution < -0.4 is 11.1 Å². The molecule has 2 nitrogen and oxygen atoms in total. The average Bonchev–Trinajstić information content (AvgIpc) is 2.29. The van der Waals surface area contributed by atoms with Crippen LogP contribution in [0.4, 0.5) is 25.8 Å². The van der Waals surface area contributed by atoms with Gasteiger partial charge < -0.3 is 11.1 Å². The van der Waals surface area contributed by atoms with E-state index in [1.54, 1.807) is 18.2 Å². The number of hydrogen-bond acceptors (Lipinski definition) is 2. The van der Waals surface area contributed by atoms with Crippen LogP contribution in [0.2, 0.25) is 0 Å². The van der Waals surface area contributed by atoms with E-state index < -0.39 is 11.6 Å². The summed E-state index contributed by atoms with van der Waals surface area (Å²) in [5.41, 5.74) is 7.99. The molecule has 2 rings (SSSR count). The molecule has 0 saturated carbocycles. The first kappa shape index (κ1) is 11.4. The van der Waals surface area contributed by atoms with E-state index in [9.17, 15) is 8.78 Å². The number of hydrogen-bond donors (Lipinski definition) is 2. The van der Waals surface area contributed by atoms with Crippen LogP contribution in [0, 0.1) is 18.6 Å². The van der Waals surface area contributed by atoms with Gasteiger partial charge in [0.25, 0.3) is 0 Å². The fraction of sp³-hybridized carbons (Fsp3) is 0.0769. The maximum Gasteiger partial charge on any atom is 0.146 e. The molecule has 0 bridgehead atoms. The van der Waals surface area contributed by atoms with Gasteiger partial charge in [0.15, 0.2) is 0 Å². The molecule has 0 fully saturated rings. The molecule has 0 unspecified atom stereocenters. The largest absolute Gasteiger partial charge is 0.399 e. The molecule has 3 N–H and O–H groups in total. The van der Waals surface area contributed by atoms with Gasteiger partial charge in [-0.3, -0.25) is 0 Å². The number of nitrogens with two attached hydrogens (primary N) is 1. The van der Waals surface area contributed by atoms with Crippen molar-refractivity contribution in [1.29, 1.82) is 0 Å². The lowest BCUT2D eigenvalue weighted by atomic mass is 10.2. The van der Waals surface area contributed by atoms with E-state index in [0.29, 0.717) is 11.4 Å². The van der Waals surface area contributed by atoms with Gasteiger partial charge in [0.2, 0.25) is 0 Å². The van der Waals surface area contributed by atoms with Gasteiger partial charge in [0.05, 0.1) is 5.69 Å². The van der Waals surface area contributed by atoms with Crippen LogP contribution in [-0.2, 0) is 0 Å².